The fourth-order valence-corrected chi connectivity index (χ4v) is 26.4. The first-order chi connectivity index (χ1) is 56.3. The smallest absolute Gasteiger partial charge is 0.0721 e. The van der Waals surface area contributed by atoms with Crippen LogP contribution in [0.1, 0.15) is 271 Å². The third-order valence-electron chi connectivity index (χ3n) is 33.5. The van der Waals surface area contributed by atoms with Gasteiger partial charge in [-0.05, 0) is 421 Å². The summed E-state index contributed by atoms with van der Waals surface area (Å²) < 4.78 is 0. The highest BCUT2D eigenvalue weighted by Gasteiger charge is 2.49. The van der Waals surface area contributed by atoms with Gasteiger partial charge in [0.15, 0.2) is 0 Å². The van der Waals surface area contributed by atoms with Crippen LogP contribution < -0.4 is 65.9 Å². The van der Waals surface area contributed by atoms with Crippen LogP contribution >= 0.6 is 0 Å². The molecule has 33 atom stereocenters. The van der Waals surface area contributed by atoms with Gasteiger partial charge in [0.05, 0.1) is 72.7 Å². The number of rotatable bonds is 5. The summed E-state index contributed by atoms with van der Waals surface area (Å²) in [6.45, 7) is 16.7. The van der Waals surface area contributed by atoms with Crippen LogP contribution in [0.3, 0.4) is 0 Å². The Morgan fingerprint density at radius 2 is 0.778 bits per heavy atom. The highest BCUT2D eigenvalue weighted by atomic mass is 16.3. The third-order valence-corrected chi connectivity index (χ3v) is 33.5. The normalized spacial score (nSPS) is 48.1. The third kappa shape index (κ3) is 29.8. The van der Waals surface area contributed by atoms with E-state index in [1.165, 1.54) is 129 Å². The van der Waals surface area contributed by atoms with Crippen molar-refractivity contribution in [1.29, 1.82) is 0 Å². The molecule has 0 aromatic heterocycles. The Morgan fingerprint density at radius 1 is 0.282 bits per heavy atom. The predicted octanol–water partition coefficient (Wildman–Crippen LogP) is 4.94. The first kappa shape index (κ1) is 96.7. The summed E-state index contributed by atoms with van der Waals surface area (Å²) in [7, 11) is 0. The Bertz CT molecular complexity index is 2600. The fraction of sp³-hybridized carbons (Fsp3) is 1.00. The van der Waals surface area contributed by atoms with E-state index in [1.54, 1.807) is 0 Å². The van der Waals surface area contributed by atoms with E-state index in [4.69, 9.17) is 44.0 Å². The lowest BCUT2D eigenvalue weighted by molar-refractivity contribution is -0.0605. The SMILES string of the molecule is CC1CCC(CN)C(O)C1.CC1CCC(CN)CC1O.NCC1CCC(O)C1.NCC1CCCC1O.NCC1CCCC1O.OC12CC3CNC(CC(C3)C1)C2.OC1C2CC3CNC(C2)CC1C3.OC1C2CC3CNC1CC(C3)C2.OC1C2CCC1CNC2.OC1CC2CCC(C1)N2.OC1CC2CCC1CNC2.OC1CC2CNC(C1)C2. The lowest BCUT2D eigenvalue weighted by atomic mass is 9.65. The van der Waals surface area contributed by atoms with Crippen molar-refractivity contribution in [2.75, 3.05) is 85.1 Å². The quantitative estimate of drug-likeness (QED) is 0.173. The lowest BCUT2D eigenvalue weighted by Crippen LogP contribution is -2.46. The number of aliphatic hydroxyl groups is 12. The zero-order valence-electron chi connectivity index (χ0n) is 73.1. The molecule has 0 amide bonds. The minimum Gasteiger partial charge on any atom is -0.393 e. The van der Waals surface area contributed by atoms with E-state index in [2.05, 4.69) is 51.1 Å². The largest absolute Gasteiger partial charge is 0.393 e. The van der Waals surface area contributed by atoms with Gasteiger partial charge in [0.2, 0.25) is 0 Å². The first-order valence-corrected chi connectivity index (χ1v) is 49.1. The van der Waals surface area contributed by atoms with Gasteiger partial charge in [-0.1, -0.05) is 33.1 Å². The average molecular weight is 1660 g/mol. The molecule has 29 N–H and O–H groups in total. The number of nitrogens with two attached hydrogens (primary N) is 5. The molecule has 33 unspecified atom stereocenters. The van der Waals surface area contributed by atoms with E-state index in [-0.39, 0.29) is 72.7 Å². The predicted molar refractivity (Wildman–Crippen MR) is 466 cm³/mol. The Balaban J connectivity index is 0.000000126. The highest BCUT2D eigenvalue weighted by molar-refractivity contribution is 5.04. The fourth-order valence-electron chi connectivity index (χ4n) is 26.4. The van der Waals surface area contributed by atoms with E-state index in [9.17, 15) is 46.0 Å². The van der Waals surface area contributed by atoms with E-state index >= 15 is 0 Å². The molecular formula is C93H178N12O12. The van der Waals surface area contributed by atoms with Crippen molar-refractivity contribution < 1.29 is 61.3 Å². The average Bonchev–Trinajstić information content (AvgIpc) is 1.66. The number of fused-ring (bicyclic) bond motifs is 13. The van der Waals surface area contributed by atoms with Crippen molar-refractivity contribution in [3.8, 4) is 0 Å². The van der Waals surface area contributed by atoms with Crippen molar-refractivity contribution >= 4 is 0 Å². The van der Waals surface area contributed by atoms with Gasteiger partial charge in [0, 0.05) is 55.9 Å². The van der Waals surface area contributed by atoms with Crippen molar-refractivity contribution in [3.63, 3.8) is 0 Å². The molecule has 117 heavy (non-hydrogen) atoms. The maximum Gasteiger partial charge on any atom is 0.0721 e. The van der Waals surface area contributed by atoms with Gasteiger partial charge in [-0.3, -0.25) is 0 Å². The number of piperidine rings is 2. The Hall–Kier alpha value is -0.960. The molecule has 0 aromatic rings. The van der Waals surface area contributed by atoms with E-state index in [1.807, 2.05) is 0 Å². The summed E-state index contributed by atoms with van der Waals surface area (Å²) in [5.41, 5.74) is 26.8. The maximum absolute atomic E-state index is 10.2. The molecule has 14 saturated carbocycles. The molecule has 26 rings (SSSR count). The van der Waals surface area contributed by atoms with Gasteiger partial charge in [0.1, 0.15) is 0 Å². The molecule has 26 aliphatic rings. The summed E-state index contributed by atoms with van der Waals surface area (Å²) in [5, 5.41) is 138. The molecule has 24 nitrogen and oxygen atoms in total. The van der Waals surface area contributed by atoms with Crippen LogP contribution in [-0.4, -0.2) is 255 Å². The Morgan fingerprint density at radius 3 is 1.32 bits per heavy atom. The van der Waals surface area contributed by atoms with Crippen LogP contribution in [0.4, 0.5) is 0 Å². The molecule has 0 radical (unpaired) electrons. The van der Waals surface area contributed by atoms with Crippen molar-refractivity contribution in [1.82, 2.24) is 37.2 Å². The number of hydrogen-bond donors (Lipinski definition) is 24. The molecule has 24 heteroatoms. The van der Waals surface area contributed by atoms with Crippen LogP contribution in [-0.2, 0) is 0 Å². The molecule has 12 heterocycles. The van der Waals surface area contributed by atoms with Crippen LogP contribution in [0.15, 0.2) is 0 Å². The van der Waals surface area contributed by atoms with Crippen LogP contribution in [0.5, 0.6) is 0 Å². The molecule has 12 aliphatic heterocycles. The van der Waals surface area contributed by atoms with Gasteiger partial charge in [0.25, 0.3) is 0 Å². The molecule has 0 spiro atoms. The van der Waals surface area contributed by atoms with E-state index in [0.29, 0.717) is 127 Å². The molecular weight excluding hydrogens is 1480 g/mol. The molecule has 0 aromatic carbocycles. The highest BCUT2D eigenvalue weighted by Crippen LogP contribution is 2.49. The number of aliphatic hydroxyl groups excluding tert-OH is 11. The van der Waals surface area contributed by atoms with Gasteiger partial charge >= 0.3 is 0 Å². The van der Waals surface area contributed by atoms with E-state index in [0.717, 1.165) is 241 Å². The topological polar surface area (TPSA) is 457 Å². The van der Waals surface area contributed by atoms with Crippen LogP contribution in [0.25, 0.3) is 0 Å². The molecule has 14 aliphatic carbocycles. The second kappa shape index (κ2) is 48.3. The zero-order chi connectivity index (χ0) is 83.3. The van der Waals surface area contributed by atoms with Gasteiger partial charge < -0.3 is 127 Å². The monoisotopic (exact) mass is 1660 g/mol. The number of hydrogen-bond acceptors (Lipinski definition) is 24. The van der Waals surface area contributed by atoms with Crippen molar-refractivity contribution in [2.45, 2.75) is 380 Å². The van der Waals surface area contributed by atoms with Crippen molar-refractivity contribution in [3.05, 3.63) is 0 Å². The Labute approximate surface area is 706 Å². The molecule has 682 valence electrons. The standard InChI is InChI=1S/3C10H17NO.C8H15NO.2C8H17NO.3C7H13NO.3C6H13NO/c12-10-3-7-1-8(4-10)6-11-9(2-7)5-10;12-10-7-1-6-2-8(10)4-9(3-7)11-5-6;12-10-8-2-6-1-7(3-8)5-11-9(10)4-6;10-8-3-6-1-2-7(8)5-9-4-6;1-6-2-3-7(5-9)4-8(6)10;1-6-2-3-7(5-9)8(10)4-6;9-7-2-5-1-6(3-7)8-4-5;9-7-5-1-2-6(7)4-8-3-5;9-7-3-5-1-2-6(4-7)8-5;7-4-5-1-2-6(8)3-5;2*7-4-5-2-1-3-6(5)8/h7-9,11-12H,1-6H2;2*6-12H,1-5H2;6-10H,1-5H2;2*6-8,10H,2-5,9H2,1H3;3*5-9H,1-4H2;3*5-6,8H,1-4,7H2. The lowest BCUT2D eigenvalue weighted by Gasteiger charge is -2.44. The second-order valence-electron chi connectivity index (χ2n) is 43.0. The molecule has 26 fully saturated rings. The van der Waals surface area contributed by atoms with Gasteiger partial charge in [-0.25, -0.2) is 0 Å². The molecule has 12 saturated heterocycles. The summed E-state index contributed by atoms with van der Waals surface area (Å²) in [4.78, 5) is 0. The van der Waals surface area contributed by atoms with Crippen LogP contribution in [0.2, 0.25) is 0 Å². The van der Waals surface area contributed by atoms with Gasteiger partial charge in [-0.2, -0.15) is 0 Å². The minimum atomic E-state index is -0.278. The summed E-state index contributed by atoms with van der Waals surface area (Å²) in [6.07, 6.45) is 45.6. The first-order valence-electron chi connectivity index (χ1n) is 49.1. The molecule has 20 bridgehead atoms. The van der Waals surface area contributed by atoms with Crippen LogP contribution in [0, 0.1) is 118 Å². The Kier molecular flexibility index (Phi) is 39.9. The maximum atomic E-state index is 10.2. The van der Waals surface area contributed by atoms with E-state index < -0.39 is 0 Å². The zero-order valence-corrected chi connectivity index (χ0v) is 73.1. The summed E-state index contributed by atoms with van der Waals surface area (Å²) in [5.74, 6) is 12.9. The minimum absolute atomic E-state index is 0.00579. The second-order valence-corrected chi connectivity index (χ2v) is 43.0. The summed E-state index contributed by atoms with van der Waals surface area (Å²) >= 11 is 0. The summed E-state index contributed by atoms with van der Waals surface area (Å²) in [6, 6.07) is 3.70. The number of nitrogens with one attached hydrogen (secondary N) is 7. The van der Waals surface area contributed by atoms with Crippen molar-refractivity contribution in [2.24, 2.45) is 147 Å². The van der Waals surface area contributed by atoms with Gasteiger partial charge in [-0.15, -0.1) is 0 Å².